The Balaban J connectivity index is 1.71. The third-order valence-electron chi connectivity index (χ3n) is 4.97. The van der Waals surface area contributed by atoms with Gasteiger partial charge in [-0.3, -0.25) is 14.9 Å². The Labute approximate surface area is 165 Å². The van der Waals surface area contributed by atoms with E-state index in [0.29, 0.717) is 18.4 Å². The molecule has 1 fully saturated rings. The zero-order valence-electron chi connectivity index (χ0n) is 15.5. The van der Waals surface area contributed by atoms with Crippen LogP contribution >= 0.6 is 0 Å². The molecule has 1 heterocycles. The molecule has 1 aliphatic rings. The van der Waals surface area contributed by atoms with Crippen LogP contribution in [-0.2, 0) is 21.2 Å². The second-order valence-electron chi connectivity index (χ2n) is 6.85. The number of rotatable bonds is 6. The summed E-state index contributed by atoms with van der Waals surface area (Å²) in [7, 11) is -3.52. The number of likely N-dealkylation sites (tertiary alicyclic amines) is 1. The third kappa shape index (κ3) is 4.86. The number of nitrogens with one attached hydrogen (secondary N) is 1. The van der Waals surface area contributed by atoms with E-state index >= 15 is 0 Å². The van der Waals surface area contributed by atoms with Crippen molar-refractivity contribution in [3.63, 3.8) is 0 Å². The standard InChI is InChI=1S/C21H24N2O4S/c24-21(22-25)11-10-18-8-4-5-9-20(18)28(26,27)19-12-14-23(15-13-19)16-17-6-2-1-3-7-17/h1-11,19,25H,12-16H2,(H,22,24)/b11-10+. The summed E-state index contributed by atoms with van der Waals surface area (Å²) in [5.41, 5.74) is 3.17. The normalized spacial score (nSPS) is 16.3. The number of hydrogen-bond acceptors (Lipinski definition) is 5. The highest BCUT2D eigenvalue weighted by molar-refractivity contribution is 7.92. The third-order valence-corrected chi connectivity index (χ3v) is 7.31. The Bertz CT molecular complexity index is 934. The van der Waals surface area contributed by atoms with Crippen molar-refractivity contribution in [2.24, 2.45) is 0 Å². The summed E-state index contributed by atoms with van der Waals surface area (Å²) in [6, 6.07) is 16.8. The van der Waals surface area contributed by atoms with E-state index in [1.807, 2.05) is 18.2 Å². The Morgan fingerprint density at radius 2 is 1.71 bits per heavy atom. The summed E-state index contributed by atoms with van der Waals surface area (Å²) in [5, 5.41) is 8.16. The average molecular weight is 401 g/mol. The molecular weight excluding hydrogens is 376 g/mol. The molecule has 2 aromatic carbocycles. The fourth-order valence-corrected chi connectivity index (χ4v) is 5.40. The first-order valence-electron chi connectivity index (χ1n) is 9.22. The quantitative estimate of drug-likeness (QED) is 0.442. The van der Waals surface area contributed by atoms with Gasteiger partial charge in [0, 0.05) is 12.6 Å². The Kier molecular flexibility index (Phi) is 6.61. The van der Waals surface area contributed by atoms with Gasteiger partial charge in [-0.2, -0.15) is 0 Å². The van der Waals surface area contributed by atoms with Crippen molar-refractivity contribution < 1.29 is 18.4 Å². The van der Waals surface area contributed by atoms with Crippen LogP contribution in [0.3, 0.4) is 0 Å². The van der Waals surface area contributed by atoms with E-state index in [1.54, 1.807) is 24.3 Å². The van der Waals surface area contributed by atoms with E-state index in [9.17, 15) is 13.2 Å². The lowest BCUT2D eigenvalue weighted by Crippen LogP contribution is -2.39. The maximum absolute atomic E-state index is 13.2. The first-order valence-corrected chi connectivity index (χ1v) is 10.8. The highest BCUT2D eigenvalue weighted by atomic mass is 32.2. The fraction of sp³-hybridized carbons (Fsp3) is 0.286. The number of piperidine rings is 1. The van der Waals surface area contributed by atoms with Crippen molar-refractivity contribution in [3.8, 4) is 0 Å². The summed E-state index contributed by atoms with van der Waals surface area (Å²) in [5.74, 6) is -0.707. The molecule has 1 aliphatic heterocycles. The molecule has 2 N–H and O–H groups in total. The summed E-state index contributed by atoms with van der Waals surface area (Å²) in [4.78, 5) is 13.7. The van der Waals surface area contributed by atoms with Gasteiger partial charge in [0.2, 0.25) is 0 Å². The summed E-state index contributed by atoms with van der Waals surface area (Å²) in [6.07, 6.45) is 3.66. The van der Waals surface area contributed by atoms with Gasteiger partial charge < -0.3 is 0 Å². The second kappa shape index (κ2) is 9.14. The monoisotopic (exact) mass is 400 g/mol. The Hall–Kier alpha value is -2.48. The van der Waals surface area contributed by atoms with Crippen molar-refractivity contribution in [1.82, 2.24) is 10.4 Å². The Morgan fingerprint density at radius 1 is 1.07 bits per heavy atom. The van der Waals surface area contributed by atoms with Gasteiger partial charge in [-0.25, -0.2) is 13.9 Å². The second-order valence-corrected chi connectivity index (χ2v) is 9.05. The molecule has 0 unspecified atom stereocenters. The number of hydrogen-bond donors (Lipinski definition) is 2. The first-order chi connectivity index (χ1) is 13.5. The molecule has 0 aliphatic carbocycles. The SMILES string of the molecule is O=C(/C=C/c1ccccc1S(=O)(=O)C1CCN(Cc2ccccc2)CC1)NO. The van der Waals surface area contributed by atoms with Crippen molar-refractivity contribution in [2.75, 3.05) is 13.1 Å². The van der Waals surface area contributed by atoms with Crippen molar-refractivity contribution >= 4 is 21.8 Å². The topological polar surface area (TPSA) is 86.7 Å². The van der Waals surface area contributed by atoms with Crippen LogP contribution in [0.25, 0.3) is 6.08 Å². The van der Waals surface area contributed by atoms with Crippen molar-refractivity contribution in [2.45, 2.75) is 29.5 Å². The number of amides is 1. The smallest absolute Gasteiger partial charge is 0.267 e. The van der Waals surface area contributed by atoms with Gasteiger partial charge in [0.1, 0.15) is 0 Å². The van der Waals surface area contributed by atoms with Crippen LogP contribution in [0.2, 0.25) is 0 Å². The van der Waals surface area contributed by atoms with Gasteiger partial charge >= 0.3 is 0 Å². The van der Waals surface area contributed by atoms with Crippen molar-refractivity contribution in [1.29, 1.82) is 0 Å². The number of benzene rings is 2. The van der Waals surface area contributed by atoms with E-state index in [0.717, 1.165) is 25.7 Å². The first kappa shape index (κ1) is 20.3. The van der Waals surface area contributed by atoms with E-state index < -0.39 is 21.0 Å². The van der Waals surface area contributed by atoms with E-state index in [2.05, 4.69) is 17.0 Å². The minimum atomic E-state index is -3.52. The minimum absolute atomic E-state index is 0.221. The molecule has 0 spiro atoms. The van der Waals surface area contributed by atoms with Gasteiger partial charge in [-0.05, 0) is 49.2 Å². The molecule has 28 heavy (non-hydrogen) atoms. The highest BCUT2D eigenvalue weighted by Gasteiger charge is 2.32. The molecule has 2 aromatic rings. The molecule has 7 heteroatoms. The van der Waals surface area contributed by atoms with Gasteiger partial charge in [0.25, 0.3) is 5.91 Å². The predicted octanol–water partition coefficient (Wildman–Crippen LogP) is 2.64. The zero-order valence-corrected chi connectivity index (χ0v) is 16.3. The van der Waals surface area contributed by atoms with Crippen LogP contribution in [0.1, 0.15) is 24.0 Å². The van der Waals surface area contributed by atoms with Crippen LogP contribution in [0.4, 0.5) is 0 Å². The number of carbonyl (C=O) groups excluding carboxylic acids is 1. The number of nitrogens with zero attached hydrogens (tertiary/aromatic N) is 1. The number of hydroxylamine groups is 1. The fourth-order valence-electron chi connectivity index (χ4n) is 3.48. The lowest BCUT2D eigenvalue weighted by atomic mass is 10.1. The molecule has 0 aromatic heterocycles. The number of carbonyl (C=O) groups is 1. The molecule has 148 valence electrons. The van der Waals surface area contributed by atoms with Gasteiger partial charge in [-0.15, -0.1) is 0 Å². The molecule has 0 bridgehead atoms. The average Bonchev–Trinajstić information content (AvgIpc) is 2.73. The summed E-state index contributed by atoms with van der Waals surface area (Å²) >= 11 is 0. The number of sulfone groups is 1. The van der Waals surface area contributed by atoms with Crippen LogP contribution in [-0.4, -0.2) is 42.8 Å². The molecule has 6 nitrogen and oxygen atoms in total. The van der Waals surface area contributed by atoms with Crippen LogP contribution in [0.15, 0.2) is 65.6 Å². The molecule has 1 amide bonds. The van der Waals surface area contributed by atoms with Crippen LogP contribution in [0.5, 0.6) is 0 Å². The predicted molar refractivity (Wildman–Crippen MR) is 107 cm³/mol. The van der Waals surface area contributed by atoms with Gasteiger partial charge in [-0.1, -0.05) is 48.5 Å². The lowest BCUT2D eigenvalue weighted by Gasteiger charge is -2.32. The molecule has 3 rings (SSSR count). The van der Waals surface area contributed by atoms with Crippen molar-refractivity contribution in [3.05, 3.63) is 71.8 Å². The van der Waals surface area contributed by atoms with E-state index in [1.165, 1.54) is 17.1 Å². The van der Waals surface area contributed by atoms with E-state index in [4.69, 9.17) is 5.21 Å². The zero-order chi connectivity index (χ0) is 20.0. The molecule has 0 saturated carbocycles. The molecule has 0 radical (unpaired) electrons. The Morgan fingerprint density at radius 3 is 2.39 bits per heavy atom. The van der Waals surface area contributed by atoms with Crippen LogP contribution in [0, 0.1) is 0 Å². The van der Waals surface area contributed by atoms with Crippen LogP contribution < -0.4 is 5.48 Å². The van der Waals surface area contributed by atoms with Gasteiger partial charge in [0.05, 0.1) is 10.1 Å². The summed E-state index contributed by atoms with van der Waals surface area (Å²) in [6.45, 7) is 2.27. The largest absolute Gasteiger partial charge is 0.299 e. The summed E-state index contributed by atoms with van der Waals surface area (Å²) < 4.78 is 26.4. The molecule has 0 atom stereocenters. The molecule has 1 saturated heterocycles. The maximum Gasteiger partial charge on any atom is 0.267 e. The minimum Gasteiger partial charge on any atom is -0.299 e. The maximum atomic E-state index is 13.2. The van der Waals surface area contributed by atoms with E-state index in [-0.39, 0.29) is 4.90 Å². The van der Waals surface area contributed by atoms with Gasteiger partial charge in [0.15, 0.2) is 9.84 Å². The lowest BCUT2D eigenvalue weighted by molar-refractivity contribution is -0.124. The molecular formula is C21H24N2O4S. The highest BCUT2D eigenvalue weighted by Crippen LogP contribution is 2.28.